The van der Waals surface area contributed by atoms with Crippen LogP contribution in [0.15, 0.2) is 47.5 Å². The number of aliphatic imine (C=N–C) groups is 1. The van der Waals surface area contributed by atoms with Gasteiger partial charge in [0.05, 0.1) is 12.0 Å². The molecule has 1 amide bonds. The van der Waals surface area contributed by atoms with E-state index in [0.29, 0.717) is 6.54 Å². The topological polar surface area (TPSA) is 35.9 Å². The molecule has 2 aromatic rings. The fraction of sp³-hybridized carbons (Fsp3) is 0.417. The Morgan fingerprint density at radius 3 is 2.43 bits per heavy atom. The highest BCUT2D eigenvalue weighted by molar-refractivity contribution is 5.96. The summed E-state index contributed by atoms with van der Waals surface area (Å²) >= 11 is 0. The highest BCUT2D eigenvalue weighted by atomic mass is 16.2. The van der Waals surface area contributed by atoms with Crippen molar-refractivity contribution in [3.05, 3.63) is 64.7 Å². The van der Waals surface area contributed by atoms with Gasteiger partial charge in [0.25, 0.3) is 5.91 Å². The maximum Gasteiger partial charge on any atom is 0.254 e. The van der Waals surface area contributed by atoms with Crippen LogP contribution in [0, 0.1) is 13.8 Å². The van der Waals surface area contributed by atoms with E-state index in [9.17, 15) is 4.79 Å². The third-order valence-corrected chi connectivity index (χ3v) is 4.95. The quantitative estimate of drug-likeness (QED) is 0.434. The Hall–Kier alpha value is -2.62. The van der Waals surface area contributed by atoms with Crippen LogP contribution in [0.1, 0.15) is 53.7 Å². The van der Waals surface area contributed by atoms with E-state index < -0.39 is 0 Å². The Morgan fingerprint density at radius 1 is 1.07 bits per heavy atom. The molecule has 150 valence electrons. The lowest BCUT2D eigenvalue weighted by Crippen LogP contribution is -2.32. The number of rotatable bonds is 9. The third-order valence-electron chi connectivity index (χ3n) is 4.95. The first-order valence-electron chi connectivity index (χ1n) is 10.1. The number of carbonyl (C=O) groups excluding carboxylic acids is 1. The molecule has 0 unspecified atom stereocenters. The average Bonchev–Trinajstić information content (AvgIpc) is 2.71. The van der Waals surface area contributed by atoms with Crippen molar-refractivity contribution in [2.24, 2.45) is 4.99 Å². The number of benzene rings is 2. The molecular weight excluding hydrogens is 346 g/mol. The molecule has 0 saturated heterocycles. The number of hydrogen-bond donors (Lipinski definition) is 0. The van der Waals surface area contributed by atoms with Crippen molar-refractivity contribution >= 4 is 17.9 Å². The number of hydrogen-bond acceptors (Lipinski definition) is 2. The highest BCUT2D eigenvalue weighted by Crippen LogP contribution is 2.25. The molecular formula is C24H33N3O. The predicted molar refractivity (Wildman–Crippen MR) is 118 cm³/mol. The van der Waals surface area contributed by atoms with E-state index in [-0.39, 0.29) is 5.91 Å². The molecule has 28 heavy (non-hydrogen) atoms. The van der Waals surface area contributed by atoms with E-state index in [4.69, 9.17) is 0 Å². The molecule has 2 aromatic carbocycles. The van der Waals surface area contributed by atoms with Gasteiger partial charge in [-0.25, -0.2) is 4.99 Å². The largest absolute Gasteiger partial charge is 0.366 e. The number of carbonyl (C=O) groups is 1. The lowest BCUT2D eigenvalue weighted by Gasteiger charge is -2.24. The molecule has 0 aliphatic rings. The van der Waals surface area contributed by atoms with Crippen LogP contribution in [0.4, 0.5) is 5.69 Å². The second kappa shape index (κ2) is 10.6. The maximum atomic E-state index is 13.3. The summed E-state index contributed by atoms with van der Waals surface area (Å²) in [5.41, 5.74) is 4.83. The van der Waals surface area contributed by atoms with Crippen molar-refractivity contribution in [1.29, 1.82) is 0 Å². The minimum atomic E-state index is 0.0964. The monoisotopic (exact) mass is 379 g/mol. The van der Waals surface area contributed by atoms with E-state index in [0.717, 1.165) is 53.9 Å². The summed E-state index contributed by atoms with van der Waals surface area (Å²) in [7, 11) is 2.00. The van der Waals surface area contributed by atoms with Crippen LogP contribution in [0.3, 0.4) is 0 Å². The van der Waals surface area contributed by atoms with Gasteiger partial charge < -0.3 is 9.80 Å². The molecule has 0 N–H and O–H groups in total. The first kappa shape index (κ1) is 21.7. The lowest BCUT2D eigenvalue weighted by atomic mass is 10.0. The molecule has 0 saturated carbocycles. The lowest BCUT2D eigenvalue weighted by molar-refractivity contribution is 0.0740. The molecule has 4 heteroatoms. The number of nitrogens with zero attached hydrogens (tertiary/aromatic N) is 3. The van der Waals surface area contributed by atoms with Crippen LogP contribution in [-0.2, 0) is 6.54 Å². The highest BCUT2D eigenvalue weighted by Gasteiger charge is 2.19. The summed E-state index contributed by atoms with van der Waals surface area (Å²) in [6.45, 7) is 10.6. The fourth-order valence-electron chi connectivity index (χ4n) is 2.99. The van der Waals surface area contributed by atoms with Gasteiger partial charge in [-0.15, -0.1) is 0 Å². The van der Waals surface area contributed by atoms with E-state index in [1.807, 2.05) is 67.4 Å². The van der Waals surface area contributed by atoms with E-state index in [2.05, 4.69) is 31.0 Å². The minimum absolute atomic E-state index is 0.0964. The van der Waals surface area contributed by atoms with E-state index in [1.165, 1.54) is 0 Å². The van der Waals surface area contributed by atoms with Gasteiger partial charge in [0, 0.05) is 32.2 Å². The van der Waals surface area contributed by atoms with Gasteiger partial charge in [-0.3, -0.25) is 4.79 Å². The van der Waals surface area contributed by atoms with Crippen molar-refractivity contribution < 1.29 is 4.79 Å². The number of aryl methyl sites for hydroxylation is 2. The van der Waals surface area contributed by atoms with Gasteiger partial charge in [-0.05, 0) is 56.0 Å². The summed E-state index contributed by atoms with van der Waals surface area (Å²) in [6, 6.07) is 14.2. The van der Waals surface area contributed by atoms with Crippen molar-refractivity contribution in [3.63, 3.8) is 0 Å². The Labute approximate surface area is 169 Å². The smallest absolute Gasteiger partial charge is 0.254 e. The summed E-state index contributed by atoms with van der Waals surface area (Å²) < 4.78 is 0. The summed E-state index contributed by atoms with van der Waals surface area (Å²) in [6.07, 6.45) is 3.91. The fourth-order valence-corrected chi connectivity index (χ4v) is 2.99. The second-order valence-corrected chi connectivity index (χ2v) is 7.34. The summed E-state index contributed by atoms with van der Waals surface area (Å²) in [5.74, 6) is 0.0964. The Balaban J connectivity index is 2.27. The van der Waals surface area contributed by atoms with Crippen LogP contribution >= 0.6 is 0 Å². The van der Waals surface area contributed by atoms with Gasteiger partial charge in [0.15, 0.2) is 0 Å². The molecule has 0 spiro atoms. The second-order valence-electron chi connectivity index (χ2n) is 7.34. The van der Waals surface area contributed by atoms with E-state index >= 15 is 0 Å². The average molecular weight is 380 g/mol. The number of amides is 1. The van der Waals surface area contributed by atoms with E-state index in [1.54, 1.807) is 0 Å². The number of unbranched alkanes of at least 4 members (excludes halogenated alkanes) is 1. The van der Waals surface area contributed by atoms with Gasteiger partial charge in [0.1, 0.15) is 0 Å². The molecule has 0 aliphatic carbocycles. The van der Waals surface area contributed by atoms with Crippen molar-refractivity contribution in [3.8, 4) is 0 Å². The molecule has 2 rings (SSSR count). The Kier molecular flexibility index (Phi) is 8.24. The van der Waals surface area contributed by atoms with Gasteiger partial charge in [-0.2, -0.15) is 0 Å². The van der Waals surface area contributed by atoms with Gasteiger partial charge in [-0.1, -0.05) is 43.7 Å². The van der Waals surface area contributed by atoms with Crippen LogP contribution in [-0.4, -0.2) is 42.2 Å². The zero-order chi connectivity index (χ0) is 20.5. The Morgan fingerprint density at radius 2 is 1.79 bits per heavy atom. The van der Waals surface area contributed by atoms with Crippen LogP contribution in [0.25, 0.3) is 0 Å². The zero-order valence-corrected chi connectivity index (χ0v) is 17.9. The standard InChI is InChI=1S/C24H33N3O/c1-6-8-14-27(17-21-12-10-9-11-13-21)24(28)22-15-20(4)23(16-19(22)3)25-18-26(5)7-2/h9-13,15-16,18H,6-8,14,17H2,1-5H3. The minimum Gasteiger partial charge on any atom is -0.366 e. The van der Waals surface area contributed by atoms with Crippen molar-refractivity contribution in [2.45, 2.75) is 47.1 Å². The maximum absolute atomic E-state index is 13.3. The SMILES string of the molecule is CCCCN(Cc1ccccc1)C(=O)c1cc(C)c(N=CN(C)CC)cc1C. The van der Waals surface area contributed by atoms with Crippen molar-refractivity contribution in [1.82, 2.24) is 9.80 Å². The first-order valence-corrected chi connectivity index (χ1v) is 10.1. The zero-order valence-electron chi connectivity index (χ0n) is 17.9. The van der Waals surface area contributed by atoms with Gasteiger partial charge >= 0.3 is 0 Å². The molecule has 0 radical (unpaired) electrons. The molecule has 0 aromatic heterocycles. The third kappa shape index (κ3) is 5.95. The molecule has 4 nitrogen and oxygen atoms in total. The summed E-state index contributed by atoms with van der Waals surface area (Å²) in [5, 5.41) is 0. The van der Waals surface area contributed by atoms with Gasteiger partial charge in [0.2, 0.25) is 0 Å². The first-order chi connectivity index (χ1) is 13.5. The molecule has 0 heterocycles. The van der Waals surface area contributed by atoms with Crippen LogP contribution in [0.5, 0.6) is 0 Å². The van der Waals surface area contributed by atoms with Crippen LogP contribution < -0.4 is 0 Å². The predicted octanol–water partition coefficient (Wildman–Crippen LogP) is 5.36. The van der Waals surface area contributed by atoms with Crippen LogP contribution in [0.2, 0.25) is 0 Å². The Bertz CT molecular complexity index is 799. The summed E-state index contributed by atoms with van der Waals surface area (Å²) in [4.78, 5) is 21.9. The molecule has 0 atom stereocenters. The molecule has 0 fully saturated rings. The van der Waals surface area contributed by atoms with Crippen molar-refractivity contribution in [2.75, 3.05) is 20.1 Å². The molecule has 0 bridgehead atoms. The molecule has 0 aliphatic heterocycles. The normalized spacial score (nSPS) is 11.0.